The van der Waals surface area contributed by atoms with Gasteiger partial charge in [-0.2, -0.15) is 0 Å². The van der Waals surface area contributed by atoms with E-state index >= 15 is 0 Å². The van der Waals surface area contributed by atoms with Gasteiger partial charge in [0.25, 0.3) is 0 Å². The van der Waals surface area contributed by atoms with Gasteiger partial charge in [0.15, 0.2) is 0 Å². The largest absolute Gasteiger partial charge is 0.474 e. The van der Waals surface area contributed by atoms with Crippen molar-refractivity contribution in [2.24, 2.45) is 5.92 Å². The van der Waals surface area contributed by atoms with Crippen LogP contribution in [0.2, 0.25) is 0 Å². The molecule has 0 aliphatic carbocycles. The van der Waals surface area contributed by atoms with Gasteiger partial charge in [-0.25, -0.2) is 4.98 Å². The molecule has 1 unspecified atom stereocenters. The summed E-state index contributed by atoms with van der Waals surface area (Å²) < 4.78 is 6.55. The van der Waals surface area contributed by atoms with Crippen molar-refractivity contribution in [3.8, 4) is 5.88 Å². The van der Waals surface area contributed by atoms with Gasteiger partial charge in [0.2, 0.25) is 5.88 Å². The van der Waals surface area contributed by atoms with E-state index in [1.54, 1.807) is 6.20 Å². The number of aromatic nitrogens is 1. The van der Waals surface area contributed by atoms with E-state index in [9.17, 15) is 0 Å². The molecule has 1 atom stereocenters. The van der Waals surface area contributed by atoms with Crippen LogP contribution >= 0.6 is 15.9 Å². The molecule has 0 radical (unpaired) electrons. The summed E-state index contributed by atoms with van der Waals surface area (Å²) in [7, 11) is 0. The molecular weight excluding hydrogens is 230 g/mol. The average molecular weight is 244 g/mol. The van der Waals surface area contributed by atoms with Gasteiger partial charge in [0.05, 0.1) is 10.6 Å². The highest BCUT2D eigenvalue weighted by molar-refractivity contribution is 9.10. The zero-order valence-corrected chi connectivity index (χ0v) is 9.71. The van der Waals surface area contributed by atoms with E-state index in [0.717, 1.165) is 4.47 Å². The Hall–Kier alpha value is -0.570. The maximum atomic E-state index is 5.65. The molecule has 3 heteroatoms. The van der Waals surface area contributed by atoms with Crippen molar-refractivity contribution in [1.29, 1.82) is 0 Å². The van der Waals surface area contributed by atoms with Crippen molar-refractivity contribution in [2.45, 2.75) is 26.9 Å². The van der Waals surface area contributed by atoms with Crippen LogP contribution in [0.25, 0.3) is 0 Å². The molecule has 0 saturated carbocycles. The molecule has 0 aliphatic rings. The molecule has 13 heavy (non-hydrogen) atoms. The number of rotatable bonds is 3. The molecule has 0 saturated heterocycles. The quantitative estimate of drug-likeness (QED) is 0.814. The predicted octanol–water partition coefficient (Wildman–Crippen LogP) is 3.27. The fourth-order valence-electron chi connectivity index (χ4n) is 0.770. The molecule has 2 nitrogen and oxygen atoms in total. The molecule has 0 fully saturated rings. The second-order valence-electron chi connectivity index (χ2n) is 3.36. The van der Waals surface area contributed by atoms with Gasteiger partial charge >= 0.3 is 0 Å². The monoisotopic (exact) mass is 243 g/mol. The second-order valence-corrected chi connectivity index (χ2v) is 4.21. The maximum Gasteiger partial charge on any atom is 0.228 e. The van der Waals surface area contributed by atoms with Crippen LogP contribution in [0.3, 0.4) is 0 Å². The normalized spacial score (nSPS) is 13.0. The second kappa shape index (κ2) is 4.61. The Bertz CT molecular complexity index is 275. The smallest absolute Gasteiger partial charge is 0.228 e. The summed E-state index contributed by atoms with van der Waals surface area (Å²) in [5.41, 5.74) is 0. The van der Waals surface area contributed by atoms with Crippen molar-refractivity contribution < 1.29 is 4.74 Å². The van der Waals surface area contributed by atoms with Crippen LogP contribution in [0.1, 0.15) is 20.8 Å². The number of hydrogen-bond donors (Lipinski definition) is 0. The van der Waals surface area contributed by atoms with Crippen molar-refractivity contribution in [2.75, 3.05) is 0 Å². The van der Waals surface area contributed by atoms with Crippen molar-refractivity contribution in [3.05, 3.63) is 22.8 Å². The Morgan fingerprint density at radius 3 is 2.62 bits per heavy atom. The van der Waals surface area contributed by atoms with E-state index < -0.39 is 0 Å². The van der Waals surface area contributed by atoms with Crippen LogP contribution in [0.4, 0.5) is 0 Å². The van der Waals surface area contributed by atoms with E-state index in [1.807, 2.05) is 19.1 Å². The van der Waals surface area contributed by atoms with Gasteiger partial charge in [-0.15, -0.1) is 0 Å². The minimum Gasteiger partial charge on any atom is -0.474 e. The zero-order valence-electron chi connectivity index (χ0n) is 8.12. The minimum absolute atomic E-state index is 0.186. The first-order valence-electron chi connectivity index (χ1n) is 4.38. The third-order valence-corrected chi connectivity index (χ3v) is 2.56. The highest BCUT2D eigenvalue weighted by atomic mass is 79.9. The summed E-state index contributed by atoms with van der Waals surface area (Å²) in [5.74, 6) is 1.16. The molecule has 0 N–H and O–H groups in total. The molecule has 0 aromatic carbocycles. The standard InChI is InChI=1S/C10H14BrNO/c1-7(2)8(3)13-10-9(11)5-4-6-12-10/h4-8H,1-3H3. The van der Waals surface area contributed by atoms with Gasteiger partial charge in [-0.1, -0.05) is 13.8 Å². The van der Waals surface area contributed by atoms with Crippen molar-refractivity contribution >= 4 is 15.9 Å². The Balaban J connectivity index is 2.69. The predicted molar refractivity (Wildman–Crippen MR) is 56.9 cm³/mol. The maximum absolute atomic E-state index is 5.65. The lowest BCUT2D eigenvalue weighted by Gasteiger charge is -2.17. The summed E-state index contributed by atoms with van der Waals surface area (Å²) in [6.07, 6.45) is 1.92. The number of nitrogens with zero attached hydrogens (tertiary/aromatic N) is 1. The van der Waals surface area contributed by atoms with E-state index in [-0.39, 0.29) is 6.10 Å². The first-order chi connectivity index (χ1) is 6.11. The highest BCUT2D eigenvalue weighted by Crippen LogP contribution is 2.23. The fourth-order valence-corrected chi connectivity index (χ4v) is 1.12. The van der Waals surface area contributed by atoms with Gasteiger partial charge in [0.1, 0.15) is 0 Å². The molecule has 0 amide bonds. The van der Waals surface area contributed by atoms with E-state index in [4.69, 9.17) is 4.74 Å². The first kappa shape index (κ1) is 10.5. The summed E-state index contributed by atoms with van der Waals surface area (Å²) >= 11 is 3.39. The van der Waals surface area contributed by atoms with E-state index in [2.05, 4.69) is 34.8 Å². The highest BCUT2D eigenvalue weighted by Gasteiger charge is 2.10. The lowest BCUT2D eigenvalue weighted by Crippen LogP contribution is -2.19. The third kappa shape index (κ3) is 2.99. The van der Waals surface area contributed by atoms with Crippen molar-refractivity contribution in [1.82, 2.24) is 4.98 Å². The van der Waals surface area contributed by atoms with Gasteiger partial charge in [-0.3, -0.25) is 0 Å². The lowest BCUT2D eigenvalue weighted by atomic mass is 10.1. The molecular formula is C10H14BrNO. The molecule has 1 rings (SSSR count). The topological polar surface area (TPSA) is 22.1 Å². The third-order valence-electron chi connectivity index (χ3n) is 1.96. The molecule has 1 heterocycles. The van der Waals surface area contributed by atoms with Gasteiger partial charge in [0, 0.05) is 6.20 Å². The Labute approximate surface area is 87.5 Å². The summed E-state index contributed by atoms with van der Waals surface area (Å²) in [5, 5.41) is 0. The number of halogens is 1. The summed E-state index contributed by atoms with van der Waals surface area (Å²) in [4.78, 5) is 4.13. The van der Waals surface area contributed by atoms with Gasteiger partial charge < -0.3 is 4.74 Å². The van der Waals surface area contributed by atoms with Crippen LogP contribution < -0.4 is 4.74 Å². The average Bonchev–Trinajstić information content (AvgIpc) is 2.08. The minimum atomic E-state index is 0.186. The molecule has 1 aromatic heterocycles. The van der Waals surface area contributed by atoms with Crippen LogP contribution in [-0.4, -0.2) is 11.1 Å². The molecule has 0 aliphatic heterocycles. The number of pyridine rings is 1. The fraction of sp³-hybridized carbons (Fsp3) is 0.500. The molecule has 0 spiro atoms. The lowest BCUT2D eigenvalue weighted by molar-refractivity contribution is 0.162. The number of ether oxygens (including phenoxy) is 1. The van der Waals surface area contributed by atoms with E-state index in [1.165, 1.54) is 0 Å². The van der Waals surface area contributed by atoms with Crippen LogP contribution in [0.5, 0.6) is 5.88 Å². The summed E-state index contributed by atoms with van der Waals surface area (Å²) in [6, 6.07) is 3.80. The zero-order chi connectivity index (χ0) is 9.84. The molecule has 72 valence electrons. The van der Waals surface area contributed by atoms with Crippen LogP contribution in [0.15, 0.2) is 22.8 Å². The molecule has 0 bridgehead atoms. The number of hydrogen-bond acceptors (Lipinski definition) is 2. The van der Waals surface area contributed by atoms with Crippen LogP contribution in [0, 0.1) is 5.92 Å². The molecule has 1 aromatic rings. The Kier molecular flexibility index (Phi) is 3.72. The van der Waals surface area contributed by atoms with Crippen molar-refractivity contribution in [3.63, 3.8) is 0 Å². The Morgan fingerprint density at radius 1 is 1.38 bits per heavy atom. The van der Waals surface area contributed by atoms with Crippen LogP contribution in [-0.2, 0) is 0 Å². The van der Waals surface area contributed by atoms with Gasteiger partial charge in [-0.05, 0) is 40.9 Å². The first-order valence-corrected chi connectivity index (χ1v) is 5.17. The Morgan fingerprint density at radius 2 is 2.08 bits per heavy atom. The summed E-state index contributed by atoms with van der Waals surface area (Å²) in [6.45, 7) is 6.30. The van der Waals surface area contributed by atoms with E-state index in [0.29, 0.717) is 11.8 Å². The SMILES string of the molecule is CC(C)C(C)Oc1ncccc1Br.